The summed E-state index contributed by atoms with van der Waals surface area (Å²) in [6.07, 6.45) is 0. The van der Waals surface area contributed by atoms with Crippen LogP contribution in [-0.4, -0.2) is 0 Å². The minimum absolute atomic E-state index is 0. The molecule has 0 aliphatic carbocycles. The molecule has 1 aromatic carbocycles. The Morgan fingerprint density at radius 3 is 2.36 bits per heavy atom. The highest BCUT2D eigenvalue weighted by Gasteiger charge is 2.28. The van der Waals surface area contributed by atoms with Crippen molar-refractivity contribution in [2.75, 3.05) is 0 Å². The second-order valence-electron chi connectivity index (χ2n) is 2.91. The zero-order valence-corrected chi connectivity index (χ0v) is 8.38. The van der Waals surface area contributed by atoms with Crippen LogP contribution in [0.25, 0.3) is 0 Å². The minimum Gasteiger partial charge on any atom is -0.326 e. The molecule has 0 bridgehead atoms. The Hall–Kier alpha value is -0.740. The van der Waals surface area contributed by atoms with E-state index in [0.29, 0.717) is 12.5 Å². The van der Waals surface area contributed by atoms with E-state index in [4.69, 9.17) is 5.73 Å². The predicted molar refractivity (Wildman–Crippen MR) is 51.1 cm³/mol. The van der Waals surface area contributed by atoms with E-state index in [2.05, 4.69) is 0 Å². The number of benzene rings is 1. The number of nitrogens with two attached hydrogens (primary N) is 1. The van der Waals surface area contributed by atoms with Crippen molar-refractivity contribution in [2.24, 2.45) is 5.73 Å². The molecule has 0 unspecified atom stereocenters. The van der Waals surface area contributed by atoms with E-state index in [-0.39, 0.29) is 19.0 Å². The normalized spacial score (nSPS) is 10.9. The molecule has 0 spiro atoms. The third kappa shape index (κ3) is 2.89. The van der Waals surface area contributed by atoms with Gasteiger partial charge in [0.05, 0.1) is 5.56 Å². The van der Waals surface area contributed by atoms with E-state index in [1.165, 1.54) is 6.07 Å². The van der Waals surface area contributed by atoms with Gasteiger partial charge in [-0.3, -0.25) is 0 Å². The molecular weight excluding hydrogens is 215 g/mol. The highest BCUT2D eigenvalue weighted by atomic mass is 35.5. The van der Waals surface area contributed by atoms with Crippen molar-refractivity contribution in [3.63, 3.8) is 0 Å². The molecule has 0 saturated heterocycles. The molecule has 1 nitrogen and oxygen atoms in total. The summed E-state index contributed by atoms with van der Waals surface area (Å²) in [5.41, 5.74) is 5.14. The summed E-state index contributed by atoms with van der Waals surface area (Å²) in [5, 5.41) is 0. The lowest BCUT2D eigenvalue weighted by atomic mass is 10.1. The van der Waals surface area contributed by atoms with Crippen LogP contribution in [-0.2, 0) is 12.5 Å². The third-order valence-electron chi connectivity index (χ3n) is 1.74. The zero-order valence-electron chi connectivity index (χ0n) is 7.56. The largest absolute Gasteiger partial charge is 0.326 e. The molecule has 2 N–H and O–H groups in total. The Morgan fingerprint density at radius 1 is 1.36 bits per heavy atom. The van der Waals surface area contributed by atoms with Crippen LogP contribution in [0.2, 0.25) is 0 Å². The Bertz CT molecular complexity index is 309. The van der Waals surface area contributed by atoms with Gasteiger partial charge in [-0.2, -0.15) is 0 Å². The second-order valence-corrected chi connectivity index (χ2v) is 2.91. The molecule has 1 aromatic rings. The summed E-state index contributed by atoms with van der Waals surface area (Å²) in [6, 6.07) is 3.49. The minimum atomic E-state index is -3.16. The highest BCUT2D eigenvalue weighted by Crippen LogP contribution is 2.29. The fourth-order valence-corrected chi connectivity index (χ4v) is 1.04. The molecule has 0 aromatic heterocycles. The van der Waals surface area contributed by atoms with Crippen molar-refractivity contribution in [3.8, 4) is 0 Å². The third-order valence-corrected chi connectivity index (χ3v) is 1.74. The first kappa shape index (κ1) is 13.3. The van der Waals surface area contributed by atoms with E-state index >= 15 is 0 Å². The lowest BCUT2D eigenvalue weighted by molar-refractivity contribution is 0.0137. The number of halogens is 4. The molecular formula is C9H11ClF3N. The Labute approximate surface area is 86.5 Å². The molecule has 0 saturated carbocycles. The molecule has 0 radical (unpaired) electrons. The van der Waals surface area contributed by atoms with Crippen LogP contribution >= 0.6 is 12.4 Å². The second kappa shape index (κ2) is 4.66. The molecule has 0 atom stereocenters. The fourth-order valence-electron chi connectivity index (χ4n) is 1.04. The van der Waals surface area contributed by atoms with Gasteiger partial charge < -0.3 is 5.73 Å². The summed E-state index contributed by atoms with van der Waals surface area (Å²) in [6.45, 7) is 0.787. The summed E-state index contributed by atoms with van der Waals surface area (Å²) < 4.78 is 38.4. The van der Waals surface area contributed by atoms with Crippen molar-refractivity contribution in [1.82, 2.24) is 0 Å². The standard InChI is InChI=1S/C9H10F3N.ClH/c1-9(11,12)7-4-6(5-13)2-3-8(7)10;/h2-4H,5,13H2,1H3;1H. The van der Waals surface area contributed by atoms with Gasteiger partial charge in [0.2, 0.25) is 0 Å². The summed E-state index contributed by atoms with van der Waals surface area (Å²) in [4.78, 5) is 0. The van der Waals surface area contributed by atoms with Crippen LogP contribution in [0.4, 0.5) is 13.2 Å². The van der Waals surface area contributed by atoms with Gasteiger partial charge in [0.25, 0.3) is 5.92 Å². The number of hydrogen-bond donors (Lipinski definition) is 1. The van der Waals surface area contributed by atoms with Crippen LogP contribution in [0.3, 0.4) is 0 Å². The average Bonchev–Trinajstić information content (AvgIpc) is 2.03. The topological polar surface area (TPSA) is 26.0 Å². The summed E-state index contributed by atoms with van der Waals surface area (Å²) >= 11 is 0. The van der Waals surface area contributed by atoms with Gasteiger partial charge in [-0.15, -0.1) is 12.4 Å². The maximum absolute atomic E-state index is 12.9. The van der Waals surface area contributed by atoms with Crippen molar-refractivity contribution >= 4 is 12.4 Å². The predicted octanol–water partition coefficient (Wildman–Crippen LogP) is 2.82. The van der Waals surface area contributed by atoms with E-state index in [9.17, 15) is 13.2 Å². The smallest absolute Gasteiger partial charge is 0.273 e. The molecule has 0 amide bonds. The van der Waals surface area contributed by atoms with Crippen LogP contribution in [0.15, 0.2) is 18.2 Å². The lowest BCUT2D eigenvalue weighted by Crippen LogP contribution is -2.11. The van der Waals surface area contributed by atoms with E-state index in [1.807, 2.05) is 0 Å². The Morgan fingerprint density at radius 2 is 1.93 bits per heavy atom. The van der Waals surface area contributed by atoms with Crippen LogP contribution < -0.4 is 5.73 Å². The average molecular weight is 226 g/mol. The van der Waals surface area contributed by atoms with E-state index < -0.39 is 17.3 Å². The highest BCUT2D eigenvalue weighted by molar-refractivity contribution is 5.85. The van der Waals surface area contributed by atoms with Crippen LogP contribution in [0.1, 0.15) is 18.1 Å². The van der Waals surface area contributed by atoms with Gasteiger partial charge in [-0.1, -0.05) is 6.07 Å². The number of hydrogen-bond acceptors (Lipinski definition) is 1. The quantitative estimate of drug-likeness (QED) is 0.823. The number of alkyl halides is 2. The van der Waals surface area contributed by atoms with Gasteiger partial charge >= 0.3 is 0 Å². The monoisotopic (exact) mass is 225 g/mol. The van der Waals surface area contributed by atoms with Crippen molar-refractivity contribution in [1.29, 1.82) is 0 Å². The van der Waals surface area contributed by atoms with Gasteiger partial charge in [-0.25, -0.2) is 13.2 Å². The molecule has 0 aliphatic rings. The van der Waals surface area contributed by atoms with Gasteiger partial charge in [0.1, 0.15) is 5.82 Å². The molecule has 0 heterocycles. The van der Waals surface area contributed by atoms with E-state index in [1.54, 1.807) is 0 Å². The van der Waals surface area contributed by atoms with Crippen LogP contribution in [0, 0.1) is 5.82 Å². The molecule has 14 heavy (non-hydrogen) atoms. The van der Waals surface area contributed by atoms with Crippen LogP contribution in [0.5, 0.6) is 0 Å². The Kier molecular flexibility index (Phi) is 4.42. The first-order valence-corrected chi connectivity index (χ1v) is 3.82. The maximum Gasteiger partial charge on any atom is 0.273 e. The SMILES string of the molecule is CC(F)(F)c1cc(CN)ccc1F.Cl. The lowest BCUT2D eigenvalue weighted by Gasteiger charge is -2.12. The van der Waals surface area contributed by atoms with Crippen molar-refractivity contribution < 1.29 is 13.2 Å². The van der Waals surface area contributed by atoms with Gasteiger partial charge in [0, 0.05) is 13.5 Å². The van der Waals surface area contributed by atoms with Gasteiger partial charge in [0.15, 0.2) is 0 Å². The molecule has 5 heteroatoms. The van der Waals surface area contributed by atoms with Gasteiger partial charge in [-0.05, 0) is 17.7 Å². The fraction of sp³-hybridized carbons (Fsp3) is 0.333. The first-order chi connectivity index (χ1) is 5.95. The molecule has 1 rings (SSSR count). The summed E-state index contributed by atoms with van der Waals surface area (Å²) in [7, 11) is 0. The Balaban J connectivity index is 0.00000169. The van der Waals surface area contributed by atoms with E-state index in [0.717, 1.165) is 12.1 Å². The number of rotatable bonds is 2. The van der Waals surface area contributed by atoms with Crippen molar-refractivity contribution in [2.45, 2.75) is 19.4 Å². The molecule has 0 aliphatic heterocycles. The van der Waals surface area contributed by atoms with Crippen molar-refractivity contribution in [3.05, 3.63) is 35.1 Å². The maximum atomic E-state index is 12.9. The zero-order chi connectivity index (χ0) is 10.1. The summed E-state index contributed by atoms with van der Waals surface area (Å²) in [5.74, 6) is -4.06. The molecule has 80 valence electrons. The molecule has 0 fully saturated rings. The first-order valence-electron chi connectivity index (χ1n) is 3.82.